The summed E-state index contributed by atoms with van der Waals surface area (Å²) in [5.74, 6) is 0. The summed E-state index contributed by atoms with van der Waals surface area (Å²) in [6, 6.07) is 22.8. The van der Waals surface area contributed by atoms with Crippen LogP contribution >= 0.6 is 0 Å². The van der Waals surface area contributed by atoms with Crippen molar-refractivity contribution in [2.24, 2.45) is 0 Å². The maximum absolute atomic E-state index is 4.61. The van der Waals surface area contributed by atoms with Crippen molar-refractivity contribution >= 4 is 0 Å². The molecule has 0 unspecified atom stereocenters. The molecule has 0 amide bonds. The highest BCUT2D eigenvalue weighted by Gasteiger charge is 2.01. The average Bonchev–Trinajstić information content (AvgIpc) is 2.96. The number of rotatable bonds is 4. The van der Waals surface area contributed by atoms with Crippen LogP contribution in [-0.4, -0.2) is 9.78 Å². The molecule has 0 spiro atoms. The van der Waals surface area contributed by atoms with Crippen LogP contribution in [0.4, 0.5) is 0 Å². The summed E-state index contributed by atoms with van der Waals surface area (Å²) in [7, 11) is 0. The van der Waals surface area contributed by atoms with Gasteiger partial charge < -0.3 is 0 Å². The van der Waals surface area contributed by atoms with Crippen LogP contribution in [0.3, 0.4) is 0 Å². The van der Waals surface area contributed by atoms with Crippen LogP contribution in [0, 0.1) is 0 Å². The monoisotopic (exact) mass is 248 g/mol. The van der Waals surface area contributed by atoms with E-state index < -0.39 is 0 Å². The Balaban J connectivity index is 1.69. The second kappa shape index (κ2) is 5.53. The number of aromatic nitrogens is 2. The third kappa shape index (κ3) is 2.91. The molecule has 0 aliphatic carbocycles. The fourth-order valence-electron chi connectivity index (χ4n) is 2.14. The Kier molecular flexibility index (Phi) is 3.41. The van der Waals surface area contributed by atoms with Crippen molar-refractivity contribution in [1.29, 1.82) is 0 Å². The van der Waals surface area contributed by atoms with E-state index >= 15 is 0 Å². The second-order valence-corrected chi connectivity index (χ2v) is 4.57. The Labute approximate surface area is 113 Å². The zero-order valence-corrected chi connectivity index (χ0v) is 10.7. The van der Waals surface area contributed by atoms with Gasteiger partial charge in [-0.25, -0.2) is 4.68 Å². The van der Waals surface area contributed by atoms with Crippen LogP contribution in [0.1, 0.15) is 11.3 Å². The molecule has 0 atom stereocenters. The number of hydrogen-bond acceptors (Lipinski definition) is 1. The maximum atomic E-state index is 4.61. The molecule has 0 aliphatic rings. The zero-order chi connectivity index (χ0) is 12.9. The smallest absolute Gasteiger partial charge is 0.0645 e. The summed E-state index contributed by atoms with van der Waals surface area (Å²) in [5, 5.41) is 4.61. The molecule has 1 aromatic heterocycles. The van der Waals surface area contributed by atoms with E-state index in [1.54, 1.807) is 0 Å². The Bertz CT molecular complexity index is 627. The lowest BCUT2D eigenvalue weighted by Crippen LogP contribution is -1.97. The maximum Gasteiger partial charge on any atom is 0.0645 e. The Morgan fingerprint density at radius 1 is 0.737 bits per heavy atom. The summed E-state index contributed by atoms with van der Waals surface area (Å²) in [6.45, 7) is 0. The van der Waals surface area contributed by atoms with Gasteiger partial charge in [0, 0.05) is 6.20 Å². The van der Waals surface area contributed by atoms with Gasteiger partial charge in [0.05, 0.1) is 11.4 Å². The lowest BCUT2D eigenvalue weighted by Gasteiger charge is -2.00. The van der Waals surface area contributed by atoms with Gasteiger partial charge in [-0.1, -0.05) is 48.5 Å². The standard InChI is InChI=1S/C17H16N2/c1-3-7-15(8-4-1)11-12-16-13-14-19(18-16)17-9-5-2-6-10-17/h1-10,13-14H,11-12H2. The lowest BCUT2D eigenvalue weighted by molar-refractivity contribution is 0.817. The van der Waals surface area contributed by atoms with Crippen molar-refractivity contribution in [3.8, 4) is 5.69 Å². The first-order valence-electron chi connectivity index (χ1n) is 6.56. The molecule has 0 N–H and O–H groups in total. The van der Waals surface area contributed by atoms with Crippen molar-refractivity contribution in [1.82, 2.24) is 9.78 Å². The number of aryl methyl sites for hydroxylation is 2. The number of hydrogen-bond donors (Lipinski definition) is 0. The molecule has 2 nitrogen and oxygen atoms in total. The molecule has 3 aromatic rings. The summed E-state index contributed by atoms with van der Waals surface area (Å²) in [5.41, 5.74) is 3.60. The minimum atomic E-state index is 0.976. The summed E-state index contributed by atoms with van der Waals surface area (Å²) in [6.07, 6.45) is 4.03. The van der Waals surface area contributed by atoms with Crippen molar-refractivity contribution in [3.05, 3.63) is 84.2 Å². The van der Waals surface area contributed by atoms with Gasteiger partial charge in [0.1, 0.15) is 0 Å². The molecule has 0 saturated heterocycles. The molecule has 2 aromatic carbocycles. The van der Waals surface area contributed by atoms with E-state index in [2.05, 4.69) is 47.6 Å². The molecular formula is C17H16N2. The lowest BCUT2D eigenvalue weighted by atomic mass is 10.1. The van der Waals surface area contributed by atoms with E-state index in [4.69, 9.17) is 0 Å². The van der Waals surface area contributed by atoms with Crippen LogP contribution in [-0.2, 0) is 12.8 Å². The van der Waals surface area contributed by atoms with Gasteiger partial charge in [-0.05, 0) is 36.6 Å². The van der Waals surface area contributed by atoms with E-state index in [-0.39, 0.29) is 0 Å². The van der Waals surface area contributed by atoms with Crippen LogP contribution in [0.25, 0.3) is 5.69 Å². The van der Waals surface area contributed by atoms with Crippen LogP contribution in [0.5, 0.6) is 0 Å². The topological polar surface area (TPSA) is 17.8 Å². The van der Waals surface area contributed by atoms with Gasteiger partial charge in [-0.2, -0.15) is 5.10 Å². The van der Waals surface area contributed by atoms with Crippen molar-refractivity contribution in [2.75, 3.05) is 0 Å². The van der Waals surface area contributed by atoms with Gasteiger partial charge in [-0.15, -0.1) is 0 Å². The first-order chi connectivity index (χ1) is 9.42. The molecule has 0 saturated carbocycles. The van der Waals surface area contributed by atoms with E-state index in [1.165, 1.54) is 5.56 Å². The third-order valence-electron chi connectivity index (χ3n) is 3.18. The van der Waals surface area contributed by atoms with Crippen molar-refractivity contribution in [2.45, 2.75) is 12.8 Å². The third-order valence-corrected chi connectivity index (χ3v) is 3.18. The number of benzene rings is 2. The summed E-state index contributed by atoms with van der Waals surface area (Å²) >= 11 is 0. The fraction of sp³-hybridized carbons (Fsp3) is 0.118. The Hall–Kier alpha value is -2.35. The molecule has 19 heavy (non-hydrogen) atoms. The highest BCUT2D eigenvalue weighted by Crippen LogP contribution is 2.09. The van der Waals surface area contributed by atoms with Crippen LogP contribution < -0.4 is 0 Å². The van der Waals surface area contributed by atoms with Crippen molar-refractivity contribution in [3.63, 3.8) is 0 Å². The molecule has 0 radical (unpaired) electrons. The van der Waals surface area contributed by atoms with E-state index in [0.29, 0.717) is 0 Å². The van der Waals surface area contributed by atoms with Crippen LogP contribution in [0.2, 0.25) is 0 Å². The molecular weight excluding hydrogens is 232 g/mol. The number of para-hydroxylation sites is 1. The van der Waals surface area contributed by atoms with E-state index in [9.17, 15) is 0 Å². The SMILES string of the molecule is c1ccc(CCc2ccn(-c3ccccc3)n2)cc1. The predicted octanol–water partition coefficient (Wildman–Crippen LogP) is 3.66. The largest absolute Gasteiger partial charge is 0.241 e. The van der Waals surface area contributed by atoms with Gasteiger partial charge >= 0.3 is 0 Å². The molecule has 0 fully saturated rings. The summed E-state index contributed by atoms with van der Waals surface area (Å²) in [4.78, 5) is 0. The minimum absolute atomic E-state index is 0.976. The van der Waals surface area contributed by atoms with Crippen molar-refractivity contribution < 1.29 is 0 Å². The van der Waals surface area contributed by atoms with Gasteiger partial charge in [0.2, 0.25) is 0 Å². The van der Waals surface area contributed by atoms with Gasteiger partial charge in [0.25, 0.3) is 0 Å². The normalized spacial score (nSPS) is 10.5. The fourth-order valence-corrected chi connectivity index (χ4v) is 2.14. The molecule has 3 rings (SSSR count). The quantitative estimate of drug-likeness (QED) is 0.689. The van der Waals surface area contributed by atoms with Gasteiger partial charge in [0.15, 0.2) is 0 Å². The number of nitrogens with zero attached hydrogens (tertiary/aromatic N) is 2. The highest BCUT2D eigenvalue weighted by atomic mass is 15.3. The average molecular weight is 248 g/mol. The van der Waals surface area contributed by atoms with Crippen LogP contribution in [0.15, 0.2) is 72.9 Å². The predicted molar refractivity (Wildman–Crippen MR) is 77.4 cm³/mol. The highest BCUT2D eigenvalue weighted by molar-refractivity contribution is 5.30. The molecule has 0 aliphatic heterocycles. The first-order valence-corrected chi connectivity index (χ1v) is 6.56. The van der Waals surface area contributed by atoms with Gasteiger partial charge in [-0.3, -0.25) is 0 Å². The Morgan fingerprint density at radius 3 is 2.16 bits per heavy atom. The van der Waals surface area contributed by atoms with E-state index in [0.717, 1.165) is 24.2 Å². The first kappa shape index (κ1) is 11.7. The van der Waals surface area contributed by atoms with E-state index in [1.807, 2.05) is 35.1 Å². The second-order valence-electron chi connectivity index (χ2n) is 4.57. The molecule has 94 valence electrons. The molecule has 2 heteroatoms. The zero-order valence-electron chi connectivity index (χ0n) is 10.7. The Morgan fingerprint density at radius 2 is 1.42 bits per heavy atom. The molecule has 0 bridgehead atoms. The summed E-state index contributed by atoms with van der Waals surface area (Å²) < 4.78 is 1.93. The minimum Gasteiger partial charge on any atom is -0.241 e. The molecule has 1 heterocycles.